The molecule has 2 aromatic rings. The van der Waals surface area contributed by atoms with Gasteiger partial charge in [0.15, 0.2) is 0 Å². The summed E-state index contributed by atoms with van der Waals surface area (Å²) in [7, 11) is 0. The van der Waals surface area contributed by atoms with Crippen molar-refractivity contribution >= 4 is 23.0 Å². The Morgan fingerprint density at radius 3 is 2.58 bits per heavy atom. The molecule has 6 heteroatoms. The van der Waals surface area contributed by atoms with Crippen molar-refractivity contribution in [2.45, 2.75) is 6.18 Å². The van der Waals surface area contributed by atoms with Crippen LogP contribution in [0.25, 0.3) is 0 Å². The highest BCUT2D eigenvalue weighted by Crippen LogP contribution is 2.33. The largest absolute Gasteiger partial charge is 0.416 e. The van der Waals surface area contributed by atoms with Gasteiger partial charge < -0.3 is 0 Å². The first kappa shape index (κ1) is 15.8. The van der Waals surface area contributed by atoms with E-state index in [2.05, 4.69) is 10.9 Å². The summed E-state index contributed by atoms with van der Waals surface area (Å²) in [6.45, 7) is 0.0669. The van der Waals surface area contributed by atoms with Crippen LogP contribution in [-0.2, 0) is 11.0 Å². The van der Waals surface area contributed by atoms with Gasteiger partial charge in [-0.05, 0) is 24.3 Å². The van der Waals surface area contributed by atoms with Gasteiger partial charge in [0.1, 0.15) is 5.71 Å². The Morgan fingerprint density at radius 2 is 1.88 bits per heavy atom. The number of rotatable bonds is 2. The van der Waals surface area contributed by atoms with E-state index in [0.29, 0.717) is 11.3 Å². The predicted octanol–water partition coefficient (Wildman–Crippen LogP) is 3.81. The van der Waals surface area contributed by atoms with E-state index >= 15 is 0 Å². The van der Waals surface area contributed by atoms with Crippen LogP contribution in [0, 0.1) is 12.3 Å². The molecule has 0 fully saturated rings. The van der Waals surface area contributed by atoms with Crippen molar-refractivity contribution in [3.8, 4) is 12.3 Å². The summed E-state index contributed by atoms with van der Waals surface area (Å²) in [6, 6.07) is 11.4. The Kier molecular flexibility index (Phi) is 3.86. The summed E-state index contributed by atoms with van der Waals surface area (Å²) in [6.07, 6.45) is 0.816. The van der Waals surface area contributed by atoms with E-state index in [9.17, 15) is 18.0 Å². The molecule has 2 aromatic carbocycles. The number of benzene rings is 2. The molecule has 0 unspecified atom stereocenters. The Bertz CT molecular complexity index is 878. The normalized spacial score (nSPS) is 15.5. The van der Waals surface area contributed by atoms with Gasteiger partial charge in [-0.1, -0.05) is 30.2 Å². The molecule has 3 nitrogen and oxygen atoms in total. The van der Waals surface area contributed by atoms with Gasteiger partial charge in [-0.15, -0.1) is 6.42 Å². The molecule has 1 aliphatic heterocycles. The van der Waals surface area contributed by atoms with Crippen molar-refractivity contribution < 1.29 is 18.0 Å². The van der Waals surface area contributed by atoms with Crippen LogP contribution in [0.3, 0.4) is 0 Å². The lowest BCUT2D eigenvalue weighted by atomic mass is 10.1. The Hall–Kier alpha value is -3.07. The van der Waals surface area contributed by atoms with Crippen LogP contribution >= 0.6 is 0 Å². The van der Waals surface area contributed by atoms with Gasteiger partial charge in [0, 0.05) is 5.56 Å². The molecule has 0 N–H and O–H groups in total. The zero-order chi connectivity index (χ0) is 17.3. The molecule has 0 saturated carbocycles. The highest BCUT2D eigenvalue weighted by molar-refractivity contribution is 6.54. The first-order valence-electron chi connectivity index (χ1n) is 7.02. The zero-order valence-corrected chi connectivity index (χ0v) is 12.3. The summed E-state index contributed by atoms with van der Waals surface area (Å²) < 4.78 is 38.4. The van der Waals surface area contributed by atoms with E-state index in [4.69, 9.17) is 6.42 Å². The van der Waals surface area contributed by atoms with Gasteiger partial charge >= 0.3 is 6.18 Å². The van der Waals surface area contributed by atoms with Gasteiger partial charge in [-0.3, -0.25) is 9.69 Å². The second kappa shape index (κ2) is 5.85. The van der Waals surface area contributed by atoms with Gasteiger partial charge in [-0.2, -0.15) is 13.2 Å². The number of halogens is 3. The van der Waals surface area contributed by atoms with Crippen molar-refractivity contribution in [1.29, 1.82) is 0 Å². The van der Waals surface area contributed by atoms with Crippen LogP contribution in [0.1, 0.15) is 11.1 Å². The van der Waals surface area contributed by atoms with E-state index in [1.165, 1.54) is 17.0 Å². The van der Waals surface area contributed by atoms with Crippen molar-refractivity contribution in [3.05, 3.63) is 59.7 Å². The second-order valence-corrected chi connectivity index (χ2v) is 5.12. The predicted molar refractivity (Wildman–Crippen MR) is 85.3 cm³/mol. The van der Waals surface area contributed by atoms with Crippen LogP contribution in [0.15, 0.2) is 53.5 Å². The summed E-state index contributed by atoms with van der Waals surface area (Å²) >= 11 is 0. The average Bonchev–Trinajstić information content (AvgIpc) is 2.81. The van der Waals surface area contributed by atoms with Crippen LogP contribution in [0.4, 0.5) is 24.5 Å². The van der Waals surface area contributed by atoms with Crippen molar-refractivity contribution in [3.63, 3.8) is 0 Å². The van der Waals surface area contributed by atoms with Crippen molar-refractivity contribution in [2.24, 2.45) is 4.99 Å². The highest BCUT2D eigenvalue weighted by Gasteiger charge is 2.34. The molecule has 24 heavy (non-hydrogen) atoms. The molecule has 1 heterocycles. The molecule has 0 radical (unpaired) electrons. The number of alkyl halides is 3. The fourth-order valence-electron chi connectivity index (χ4n) is 2.50. The molecule has 120 valence electrons. The van der Waals surface area contributed by atoms with Gasteiger partial charge in [0.05, 0.1) is 23.5 Å². The Morgan fingerprint density at radius 1 is 1.12 bits per heavy atom. The maximum Gasteiger partial charge on any atom is 0.416 e. The summed E-state index contributed by atoms with van der Waals surface area (Å²) in [5.41, 5.74) is 0.482. The molecule has 1 amide bonds. The molecule has 3 rings (SSSR count). The van der Waals surface area contributed by atoms with Gasteiger partial charge in [0.25, 0.3) is 5.91 Å². The van der Waals surface area contributed by atoms with Crippen LogP contribution in [0.2, 0.25) is 0 Å². The molecule has 0 spiro atoms. The monoisotopic (exact) mass is 328 g/mol. The van der Waals surface area contributed by atoms with E-state index in [1.54, 1.807) is 24.3 Å². The highest BCUT2D eigenvalue weighted by atomic mass is 19.4. The van der Waals surface area contributed by atoms with Crippen LogP contribution in [0.5, 0.6) is 0 Å². The topological polar surface area (TPSA) is 32.7 Å². The number of anilines is 1. The third kappa shape index (κ3) is 2.76. The van der Waals surface area contributed by atoms with E-state index in [-0.39, 0.29) is 17.9 Å². The smallest absolute Gasteiger partial charge is 0.295 e. The van der Waals surface area contributed by atoms with E-state index < -0.39 is 17.6 Å². The third-order valence-electron chi connectivity index (χ3n) is 3.56. The lowest BCUT2D eigenvalue weighted by Crippen LogP contribution is -2.30. The minimum absolute atomic E-state index is 0.0607. The fraction of sp³-hybridized carbons (Fsp3) is 0.111. The number of nitrogens with zero attached hydrogens (tertiary/aromatic N) is 2. The number of terminal acetylenes is 1. The molecule has 1 aliphatic rings. The van der Waals surface area contributed by atoms with Crippen molar-refractivity contribution in [2.75, 3.05) is 11.4 Å². The lowest BCUT2D eigenvalue weighted by molar-refractivity contribution is -0.137. The summed E-state index contributed by atoms with van der Waals surface area (Å²) in [5.74, 6) is 1.97. The van der Waals surface area contributed by atoms with E-state index in [1.807, 2.05) is 0 Å². The minimum atomic E-state index is -4.47. The van der Waals surface area contributed by atoms with Gasteiger partial charge in [0.2, 0.25) is 0 Å². The molecule has 0 bridgehead atoms. The lowest BCUT2D eigenvalue weighted by Gasteiger charge is -2.12. The average molecular weight is 328 g/mol. The SMILES string of the molecule is C#CCN1C(=O)C(=Nc2cccc(C(F)(F)F)c2)c2ccccc21. The number of carbonyl (C=O) groups is 1. The maximum atomic E-state index is 12.8. The maximum absolute atomic E-state index is 12.8. The summed E-state index contributed by atoms with van der Waals surface area (Å²) in [4.78, 5) is 18.0. The van der Waals surface area contributed by atoms with E-state index in [0.717, 1.165) is 12.1 Å². The number of fused-ring (bicyclic) bond motifs is 1. The molecule has 0 aliphatic carbocycles. The third-order valence-corrected chi connectivity index (χ3v) is 3.56. The number of amides is 1. The molecular formula is C18H11F3N2O. The van der Waals surface area contributed by atoms with Crippen LogP contribution in [-0.4, -0.2) is 18.2 Å². The van der Waals surface area contributed by atoms with Gasteiger partial charge in [-0.25, -0.2) is 4.99 Å². The van der Waals surface area contributed by atoms with Crippen molar-refractivity contribution in [1.82, 2.24) is 0 Å². The minimum Gasteiger partial charge on any atom is -0.295 e. The molecule has 0 saturated heterocycles. The number of hydrogen-bond donors (Lipinski definition) is 0. The summed E-state index contributed by atoms with van der Waals surface area (Å²) in [5, 5.41) is 0. The standard InChI is InChI=1S/C18H11F3N2O/c1-2-10-23-15-9-4-3-8-14(15)16(17(23)24)22-13-7-5-6-12(11-13)18(19,20)21/h1,3-9,11H,10H2. The number of carbonyl (C=O) groups excluding carboxylic acids is 1. The second-order valence-electron chi connectivity index (χ2n) is 5.12. The first-order valence-corrected chi connectivity index (χ1v) is 7.02. The number of hydrogen-bond acceptors (Lipinski definition) is 2. The molecule has 0 aromatic heterocycles. The number of para-hydroxylation sites is 1. The Labute approximate surface area is 136 Å². The quantitative estimate of drug-likeness (QED) is 0.772. The first-order chi connectivity index (χ1) is 11.4. The number of aliphatic imine (C=N–C) groups is 1. The molecule has 0 atom stereocenters. The zero-order valence-electron chi connectivity index (χ0n) is 12.3. The Balaban J connectivity index is 2.08. The molecular weight excluding hydrogens is 317 g/mol. The fourth-order valence-corrected chi connectivity index (χ4v) is 2.50. The van der Waals surface area contributed by atoms with Crippen LogP contribution < -0.4 is 4.90 Å².